The lowest BCUT2D eigenvalue weighted by Gasteiger charge is -2.58. The summed E-state index contributed by atoms with van der Waals surface area (Å²) in [6.07, 6.45) is 5.02. The Morgan fingerprint density at radius 1 is 1.17 bits per heavy atom. The number of nitrogens with zero attached hydrogens (tertiary/aromatic N) is 2. The number of aromatic nitrogens is 1. The van der Waals surface area contributed by atoms with E-state index >= 15 is 0 Å². The lowest BCUT2D eigenvalue weighted by molar-refractivity contribution is -0.137. The van der Waals surface area contributed by atoms with Gasteiger partial charge in [-0.2, -0.15) is 13.2 Å². The second-order valence-electron chi connectivity index (χ2n) is 8.93. The molecule has 1 aromatic heterocycles. The highest BCUT2D eigenvalue weighted by Crippen LogP contribution is 2.56. The van der Waals surface area contributed by atoms with E-state index < -0.39 is 11.7 Å². The molecule has 2 bridgehead atoms. The molecule has 3 aliphatic rings. The van der Waals surface area contributed by atoms with Crippen LogP contribution in [0.5, 0.6) is 0 Å². The summed E-state index contributed by atoms with van der Waals surface area (Å²) in [5, 5.41) is 3.03. The average Bonchev–Trinajstić information content (AvgIpc) is 2.71. The van der Waals surface area contributed by atoms with Crippen LogP contribution in [0, 0.1) is 5.92 Å². The topological polar surface area (TPSA) is 28.2 Å². The van der Waals surface area contributed by atoms with E-state index in [0.29, 0.717) is 12.0 Å². The number of hydrogen-bond donors (Lipinski definition) is 1. The minimum Gasteiger partial charge on any atom is -0.355 e. The Bertz CT molecular complexity index is 926. The first-order chi connectivity index (χ1) is 13.9. The van der Waals surface area contributed by atoms with Crippen LogP contribution >= 0.6 is 0 Å². The van der Waals surface area contributed by atoms with Crippen molar-refractivity contribution in [3.05, 3.63) is 53.3 Å². The number of likely N-dealkylation sites (tertiary alicyclic amines) is 1. The molecule has 3 atom stereocenters. The largest absolute Gasteiger partial charge is 0.419 e. The summed E-state index contributed by atoms with van der Waals surface area (Å²) in [5.74, 6) is 0.657. The van der Waals surface area contributed by atoms with E-state index in [1.165, 1.54) is 49.1 Å². The van der Waals surface area contributed by atoms with Gasteiger partial charge in [0.15, 0.2) is 0 Å². The molecule has 3 nitrogen and oxygen atoms in total. The van der Waals surface area contributed by atoms with Crippen molar-refractivity contribution >= 4 is 11.4 Å². The molecule has 5 rings (SSSR count). The van der Waals surface area contributed by atoms with Gasteiger partial charge in [-0.15, -0.1) is 0 Å². The number of fused-ring (bicyclic) bond motifs is 1. The number of hydrogen-bond acceptors (Lipinski definition) is 3. The smallest absolute Gasteiger partial charge is 0.355 e. The first kappa shape index (κ1) is 18.9. The molecule has 2 fully saturated rings. The zero-order valence-electron chi connectivity index (χ0n) is 16.6. The maximum Gasteiger partial charge on any atom is 0.419 e. The number of benzene rings is 1. The molecule has 1 aliphatic heterocycles. The third kappa shape index (κ3) is 3.03. The second kappa shape index (κ2) is 6.73. The van der Waals surface area contributed by atoms with Crippen molar-refractivity contribution in [2.45, 2.75) is 56.2 Å². The highest BCUT2D eigenvalue weighted by Gasteiger charge is 2.53. The van der Waals surface area contributed by atoms with E-state index in [9.17, 15) is 13.2 Å². The minimum atomic E-state index is -4.43. The van der Waals surface area contributed by atoms with Gasteiger partial charge in [-0.1, -0.05) is 18.9 Å². The fourth-order valence-electron chi connectivity index (χ4n) is 6.16. The van der Waals surface area contributed by atoms with E-state index in [1.807, 2.05) is 6.07 Å². The molecule has 154 valence electrons. The maximum absolute atomic E-state index is 13.4. The number of pyridine rings is 1. The molecule has 1 N–H and O–H groups in total. The van der Waals surface area contributed by atoms with Crippen LogP contribution in [0.4, 0.5) is 24.5 Å². The van der Waals surface area contributed by atoms with Crippen LogP contribution in [0.25, 0.3) is 0 Å². The number of alkyl halides is 3. The summed E-state index contributed by atoms with van der Waals surface area (Å²) < 4.78 is 40.1. The Kier molecular flexibility index (Phi) is 4.39. The van der Waals surface area contributed by atoms with E-state index in [1.54, 1.807) is 0 Å². The number of rotatable bonds is 2. The Labute approximate surface area is 169 Å². The van der Waals surface area contributed by atoms with Crippen LogP contribution in [0.1, 0.15) is 48.8 Å². The Morgan fingerprint density at radius 2 is 2.03 bits per heavy atom. The van der Waals surface area contributed by atoms with Crippen LogP contribution in [-0.2, 0) is 18.0 Å². The average molecular weight is 401 g/mol. The van der Waals surface area contributed by atoms with Gasteiger partial charge in [0.05, 0.1) is 11.3 Å². The molecule has 6 heteroatoms. The molecule has 0 radical (unpaired) electrons. The van der Waals surface area contributed by atoms with Crippen LogP contribution in [0.15, 0.2) is 36.7 Å². The van der Waals surface area contributed by atoms with Crippen LogP contribution in [-0.4, -0.2) is 29.5 Å². The highest BCUT2D eigenvalue weighted by molar-refractivity contribution is 5.65. The minimum absolute atomic E-state index is 0.0576. The molecule has 0 amide bonds. The Hall–Kier alpha value is -2.08. The second-order valence-corrected chi connectivity index (χ2v) is 8.93. The van der Waals surface area contributed by atoms with Gasteiger partial charge in [0, 0.05) is 29.5 Å². The number of halogens is 3. The normalized spacial score (nSPS) is 29.1. The van der Waals surface area contributed by atoms with Gasteiger partial charge in [0.2, 0.25) is 0 Å². The third-order valence-corrected chi connectivity index (χ3v) is 7.52. The van der Waals surface area contributed by atoms with E-state index in [2.05, 4.69) is 34.4 Å². The first-order valence-electron chi connectivity index (χ1n) is 10.5. The zero-order chi connectivity index (χ0) is 20.2. The molecule has 0 spiro atoms. The maximum atomic E-state index is 13.4. The third-order valence-electron chi connectivity index (χ3n) is 7.52. The van der Waals surface area contributed by atoms with Gasteiger partial charge in [0.25, 0.3) is 0 Å². The molecule has 2 aliphatic carbocycles. The van der Waals surface area contributed by atoms with Crippen molar-refractivity contribution in [2.24, 2.45) is 5.92 Å². The Balaban J connectivity index is 1.55. The van der Waals surface area contributed by atoms with Crippen LogP contribution in [0.3, 0.4) is 0 Å². The summed E-state index contributed by atoms with van der Waals surface area (Å²) in [6, 6.07) is 8.18. The molecule has 1 unspecified atom stereocenters. The SMILES string of the molecule is CN1CCC23CCCC[C@H]2[C@H]1Cc1ccc(Nc2ccncc2C(F)(F)F)cc13. The Morgan fingerprint density at radius 3 is 2.86 bits per heavy atom. The molecule has 2 heterocycles. The van der Waals surface area contributed by atoms with Crippen LogP contribution < -0.4 is 5.32 Å². The predicted octanol–water partition coefficient (Wildman–Crippen LogP) is 5.53. The van der Waals surface area contributed by atoms with Gasteiger partial charge in [-0.05, 0) is 74.5 Å². The molecule has 1 saturated carbocycles. The van der Waals surface area contributed by atoms with E-state index in [-0.39, 0.29) is 11.1 Å². The van der Waals surface area contributed by atoms with E-state index in [0.717, 1.165) is 31.3 Å². The number of piperidine rings is 1. The van der Waals surface area contributed by atoms with Crippen LogP contribution in [0.2, 0.25) is 0 Å². The lowest BCUT2D eigenvalue weighted by atomic mass is 9.52. The summed E-state index contributed by atoms with van der Waals surface area (Å²) in [5.41, 5.74) is 2.99. The number of likely N-dealkylation sites (N-methyl/N-ethyl adjacent to an activating group) is 1. The van der Waals surface area contributed by atoms with Crippen molar-refractivity contribution < 1.29 is 13.2 Å². The van der Waals surface area contributed by atoms with Gasteiger partial charge < -0.3 is 10.2 Å². The van der Waals surface area contributed by atoms with Gasteiger partial charge >= 0.3 is 6.18 Å². The fourth-order valence-corrected chi connectivity index (χ4v) is 6.16. The van der Waals surface area contributed by atoms with Gasteiger partial charge in [-0.25, -0.2) is 0 Å². The number of anilines is 2. The molecule has 29 heavy (non-hydrogen) atoms. The van der Waals surface area contributed by atoms with Gasteiger partial charge in [0.1, 0.15) is 0 Å². The van der Waals surface area contributed by atoms with E-state index in [4.69, 9.17) is 0 Å². The van der Waals surface area contributed by atoms with Crippen molar-refractivity contribution in [2.75, 3.05) is 18.9 Å². The molecule has 2 aromatic rings. The first-order valence-corrected chi connectivity index (χ1v) is 10.5. The standard InChI is InChI=1S/C23H26F3N3/c1-29-11-9-22-8-3-2-4-17(22)21(29)12-15-5-6-16(13-18(15)22)28-20-7-10-27-14-19(20)23(24,25)26/h5-7,10,13-14,17,21H,2-4,8-9,11-12H2,1H3,(H,27,28)/t17-,21+,22?/m0/s1. The lowest BCUT2D eigenvalue weighted by Crippen LogP contribution is -2.59. The van der Waals surface area contributed by atoms with Crippen molar-refractivity contribution in [1.29, 1.82) is 0 Å². The predicted molar refractivity (Wildman–Crippen MR) is 107 cm³/mol. The van der Waals surface area contributed by atoms with Crippen molar-refractivity contribution in [3.8, 4) is 0 Å². The summed E-state index contributed by atoms with van der Waals surface area (Å²) in [4.78, 5) is 6.18. The fraction of sp³-hybridized carbons (Fsp3) is 0.522. The zero-order valence-corrected chi connectivity index (χ0v) is 16.6. The summed E-state index contributed by atoms with van der Waals surface area (Å²) in [7, 11) is 2.24. The number of nitrogens with one attached hydrogen (secondary N) is 1. The monoisotopic (exact) mass is 401 g/mol. The molecular formula is C23H26F3N3. The molecule has 1 aromatic carbocycles. The highest BCUT2D eigenvalue weighted by atomic mass is 19.4. The summed E-state index contributed by atoms with van der Waals surface area (Å²) >= 11 is 0. The summed E-state index contributed by atoms with van der Waals surface area (Å²) in [6.45, 7) is 1.10. The molecular weight excluding hydrogens is 375 g/mol. The van der Waals surface area contributed by atoms with Crippen molar-refractivity contribution in [1.82, 2.24) is 9.88 Å². The van der Waals surface area contributed by atoms with Gasteiger partial charge in [-0.3, -0.25) is 4.98 Å². The van der Waals surface area contributed by atoms with Crippen molar-refractivity contribution in [3.63, 3.8) is 0 Å². The molecule has 1 saturated heterocycles. The quantitative estimate of drug-likeness (QED) is 0.717.